The highest BCUT2D eigenvalue weighted by atomic mass is 32.1. The fourth-order valence-electron chi connectivity index (χ4n) is 7.70. The highest BCUT2D eigenvalue weighted by Crippen LogP contribution is 2.46. The number of allylic oxidation sites excluding steroid dienone is 1. The van der Waals surface area contributed by atoms with Crippen molar-refractivity contribution in [1.82, 2.24) is 15.0 Å². The summed E-state index contributed by atoms with van der Waals surface area (Å²) >= 11 is 3.68. The predicted molar refractivity (Wildman–Crippen MR) is 214 cm³/mol. The zero-order valence-electron chi connectivity index (χ0n) is 27.3. The molecule has 6 heteroatoms. The molecule has 0 saturated heterocycles. The number of aromatic nitrogens is 3. The summed E-state index contributed by atoms with van der Waals surface area (Å²) in [7, 11) is 0. The van der Waals surface area contributed by atoms with Gasteiger partial charge in [-0.1, -0.05) is 103 Å². The number of hydrogen-bond donors (Lipinski definition) is 0. The van der Waals surface area contributed by atoms with Crippen molar-refractivity contribution in [2.75, 3.05) is 0 Å². The van der Waals surface area contributed by atoms with Crippen LogP contribution in [0.25, 0.3) is 97.7 Å². The van der Waals surface area contributed by atoms with E-state index in [-0.39, 0.29) is 0 Å². The number of nitrogens with zero attached hydrogens (tertiary/aromatic N) is 3. The molecule has 240 valence electrons. The minimum atomic E-state index is 0.644. The molecule has 6 aromatic carbocycles. The van der Waals surface area contributed by atoms with Gasteiger partial charge in [-0.15, -0.1) is 22.7 Å². The first-order valence-corrected chi connectivity index (χ1v) is 18.8. The molecular weight excluding hydrogens is 663 g/mol. The summed E-state index contributed by atoms with van der Waals surface area (Å²) in [6, 6.07) is 46.8. The average Bonchev–Trinajstić information content (AvgIpc) is 3.89. The molecule has 4 nitrogen and oxygen atoms in total. The van der Waals surface area contributed by atoms with Gasteiger partial charge in [-0.05, 0) is 65.8 Å². The Morgan fingerprint density at radius 2 is 1.18 bits per heavy atom. The van der Waals surface area contributed by atoms with E-state index in [1.807, 2.05) is 53.0 Å². The number of hydrogen-bond acceptors (Lipinski definition) is 6. The summed E-state index contributed by atoms with van der Waals surface area (Å²) in [5.41, 5.74) is 8.36. The molecule has 4 aromatic heterocycles. The Morgan fingerprint density at radius 1 is 0.490 bits per heavy atom. The van der Waals surface area contributed by atoms with E-state index in [0.717, 1.165) is 68.4 Å². The molecule has 4 heterocycles. The number of rotatable bonds is 4. The van der Waals surface area contributed by atoms with Crippen molar-refractivity contribution in [2.24, 2.45) is 0 Å². The molecule has 0 bridgehead atoms. The summed E-state index contributed by atoms with van der Waals surface area (Å²) in [6.07, 6.45) is 4.13. The van der Waals surface area contributed by atoms with Gasteiger partial charge in [0, 0.05) is 62.8 Å². The maximum Gasteiger partial charge on any atom is 0.164 e. The van der Waals surface area contributed by atoms with Gasteiger partial charge in [0.05, 0.1) is 0 Å². The van der Waals surface area contributed by atoms with Gasteiger partial charge in [-0.3, -0.25) is 0 Å². The summed E-state index contributed by atoms with van der Waals surface area (Å²) in [5.74, 6) is 2.03. The molecule has 51 heavy (non-hydrogen) atoms. The molecule has 0 fully saturated rings. The van der Waals surface area contributed by atoms with Crippen LogP contribution >= 0.6 is 22.7 Å². The SMILES string of the molecule is C1=C(c2nc(-c3ccccc3)nc(-c3ccc(-c4cccc5c4sc4ccccc45)c4oc5ccccc5c34)n2)CCc2c1sc1ccccc21. The fraction of sp³-hybridized carbons (Fsp3) is 0.0444. The van der Waals surface area contributed by atoms with Crippen LogP contribution in [0.5, 0.6) is 0 Å². The molecule has 10 aromatic rings. The van der Waals surface area contributed by atoms with E-state index in [1.165, 1.54) is 40.7 Å². The van der Waals surface area contributed by atoms with Crippen LogP contribution < -0.4 is 0 Å². The van der Waals surface area contributed by atoms with Gasteiger partial charge in [0.25, 0.3) is 0 Å². The second-order valence-electron chi connectivity index (χ2n) is 13.0. The summed E-state index contributed by atoms with van der Waals surface area (Å²) in [4.78, 5) is 16.9. The molecule has 1 aliphatic carbocycles. The summed E-state index contributed by atoms with van der Waals surface area (Å²) in [6.45, 7) is 0. The van der Waals surface area contributed by atoms with Gasteiger partial charge >= 0.3 is 0 Å². The first-order valence-electron chi connectivity index (χ1n) is 17.1. The third-order valence-corrected chi connectivity index (χ3v) is 12.5. The molecule has 1 aliphatic rings. The van der Waals surface area contributed by atoms with Crippen molar-refractivity contribution >= 4 is 86.5 Å². The second kappa shape index (κ2) is 11.3. The van der Waals surface area contributed by atoms with E-state index in [0.29, 0.717) is 11.6 Å². The largest absolute Gasteiger partial charge is 0.455 e. The van der Waals surface area contributed by atoms with Crippen LogP contribution in [0.2, 0.25) is 0 Å². The smallest absolute Gasteiger partial charge is 0.164 e. The Balaban J connectivity index is 1.15. The van der Waals surface area contributed by atoms with Crippen LogP contribution in [0, 0.1) is 0 Å². The van der Waals surface area contributed by atoms with Crippen LogP contribution in [-0.4, -0.2) is 15.0 Å². The lowest BCUT2D eigenvalue weighted by Crippen LogP contribution is -2.05. The highest BCUT2D eigenvalue weighted by Gasteiger charge is 2.24. The molecular formula is C45H27N3OS2. The first-order chi connectivity index (χ1) is 25.3. The second-order valence-corrected chi connectivity index (χ2v) is 15.2. The number of aryl methyl sites for hydroxylation is 1. The zero-order valence-corrected chi connectivity index (χ0v) is 28.9. The quantitative estimate of drug-likeness (QED) is 0.185. The van der Waals surface area contributed by atoms with Crippen molar-refractivity contribution < 1.29 is 4.42 Å². The Kier molecular flexibility index (Phi) is 6.38. The van der Waals surface area contributed by atoms with E-state index >= 15 is 0 Å². The Labute approximate surface area is 301 Å². The summed E-state index contributed by atoms with van der Waals surface area (Å²) in [5, 5.41) is 5.96. The number of fused-ring (bicyclic) bond motifs is 9. The van der Waals surface area contributed by atoms with E-state index in [1.54, 1.807) is 0 Å². The van der Waals surface area contributed by atoms with Gasteiger partial charge in [-0.2, -0.15) is 0 Å². The molecule has 0 spiro atoms. The molecule has 0 amide bonds. The maximum atomic E-state index is 6.78. The van der Waals surface area contributed by atoms with Gasteiger partial charge in [0.2, 0.25) is 0 Å². The van der Waals surface area contributed by atoms with Crippen molar-refractivity contribution in [3.05, 3.63) is 150 Å². The normalized spacial score (nSPS) is 13.1. The van der Waals surface area contributed by atoms with Crippen LogP contribution in [0.1, 0.15) is 22.7 Å². The van der Waals surface area contributed by atoms with E-state index in [2.05, 4.69) is 109 Å². The van der Waals surface area contributed by atoms with Gasteiger partial charge in [0.1, 0.15) is 11.2 Å². The highest BCUT2D eigenvalue weighted by molar-refractivity contribution is 7.26. The molecule has 0 atom stereocenters. The molecule has 11 rings (SSSR count). The molecule has 0 N–H and O–H groups in total. The lowest BCUT2D eigenvalue weighted by atomic mass is 9.95. The number of benzene rings is 6. The van der Waals surface area contributed by atoms with Crippen molar-refractivity contribution in [2.45, 2.75) is 12.8 Å². The first kappa shape index (κ1) is 28.8. The fourth-order valence-corrected chi connectivity index (χ4v) is 10.2. The minimum Gasteiger partial charge on any atom is -0.455 e. The van der Waals surface area contributed by atoms with Crippen molar-refractivity contribution in [3.63, 3.8) is 0 Å². The number of para-hydroxylation sites is 1. The third-order valence-electron chi connectivity index (χ3n) is 10.1. The van der Waals surface area contributed by atoms with Crippen molar-refractivity contribution in [1.29, 1.82) is 0 Å². The monoisotopic (exact) mass is 689 g/mol. The average molecular weight is 690 g/mol. The Hall–Kier alpha value is -5.95. The van der Waals surface area contributed by atoms with Crippen molar-refractivity contribution in [3.8, 4) is 33.9 Å². The van der Waals surface area contributed by atoms with E-state index < -0.39 is 0 Å². The van der Waals surface area contributed by atoms with Gasteiger partial charge in [0.15, 0.2) is 17.5 Å². The Bertz CT molecular complexity index is 3040. The molecule has 0 aliphatic heterocycles. The lowest BCUT2D eigenvalue weighted by Gasteiger charge is -2.15. The van der Waals surface area contributed by atoms with E-state index in [4.69, 9.17) is 19.4 Å². The standard InChI is InChI=1S/C45H27N3OS2/c1-2-11-26(12-3-1)43-46-44(27-21-22-30-28-13-5-8-19-37(28)50-39(30)25-27)48-45(47-43)35-24-23-31(41-40(35)34-15-4-7-18-36(34)49-41)33-17-10-16-32-29-14-6-9-20-38(29)51-42(32)33/h1-20,23-25H,21-22H2. The number of furan rings is 1. The van der Waals surface area contributed by atoms with Crippen LogP contribution in [-0.2, 0) is 6.42 Å². The van der Waals surface area contributed by atoms with Gasteiger partial charge < -0.3 is 4.42 Å². The topological polar surface area (TPSA) is 51.8 Å². The number of thiophene rings is 2. The van der Waals surface area contributed by atoms with E-state index in [9.17, 15) is 0 Å². The van der Waals surface area contributed by atoms with Gasteiger partial charge in [-0.25, -0.2) is 15.0 Å². The maximum absolute atomic E-state index is 6.78. The van der Waals surface area contributed by atoms with Crippen LogP contribution in [0.15, 0.2) is 138 Å². The predicted octanol–water partition coefficient (Wildman–Crippen LogP) is 12.8. The minimum absolute atomic E-state index is 0.644. The third kappa shape index (κ3) is 4.54. The molecule has 0 unspecified atom stereocenters. The molecule has 0 saturated carbocycles. The van der Waals surface area contributed by atoms with Crippen LogP contribution in [0.3, 0.4) is 0 Å². The molecule has 0 radical (unpaired) electrons. The summed E-state index contributed by atoms with van der Waals surface area (Å²) < 4.78 is 10.6. The van der Waals surface area contributed by atoms with Crippen LogP contribution in [0.4, 0.5) is 0 Å². The zero-order chi connectivity index (χ0) is 33.5. The Morgan fingerprint density at radius 3 is 2.06 bits per heavy atom. The lowest BCUT2D eigenvalue weighted by molar-refractivity contribution is 0.670.